The number of carboxylic acids is 1. The Morgan fingerprint density at radius 1 is 0.852 bits per heavy atom. The molecule has 27 heavy (non-hydrogen) atoms. The highest BCUT2D eigenvalue weighted by atomic mass is 16.4. The molecule has 1 N–H and O–H groups in total. The Hall–Kier alpha value is -3.97. The van der Waals surface area contributed by atoms with Crippen LogP contribution in [0.5, 0.6) is 0 Å². The zero-order chi connectivity index (χ0) is 18.6. The van der Waals surface area contributed by atoms with Gasteiger partial charge >= 0.3 is 5.97 Å². The monoisotopic (exact) mass is 350 g/mol. The lowest BCUT2D eigenvalue weighted by Gasteiger charge is -2.09. The number of benzene rings is 2. The summed E-state index contributed by atoms with van der Waals surface area (Å²) >= 11 is 0. The fourth-order valence-corrected chi connectivity index (χ4v) is 2.86. The Morgan fingerprint density at radius 3 is 2.52 bits per heavy atom. The quantitative estimate of drug-likeness (QED) is 0.545. The van der Waals surface area contributed by atoms with Crippen molar-refractivity contribution in [1.29, 1.82) is 0 Å². The molecule has 0 saturated carbocycles. The van der Waals surface area contributed by atoms with Crippen LogP contribution in [0.2, 0.25) is 0 Å². The van der Waals surface area contributed by atoms with Gasteiger partial charge in [-0.1, -0.05) is 36.1 Å². The summed E-state index contributed by atoms with van der Waals surface area (Å²) in [6.07, 6.45) is 1.67. The van der Waals surface area contributed by atoms with Crippen LogP contribution in [0.3, 0.4) is 0 Å². The van der Waals surface area contributed by atoms with Gasteiger partial charge in [-0.2, -0.15) is 0 Å². The number of fused-ring (bicyclic) bond motifs is 1. The lowest BCUT2D eigenvalue weighted by atomic mass is 9.97. The maximum atomic E-state index is 11.8. The largest absolute Gasteiger partial charge is 0.478 e. The predicted octanol–water partition coefficient (Wildman–Crippen LogP) is 4.39. The van der Waals surface area contributed by atoms with Crippen LogP contribution in [-0.2, 0) is 0 Å². The third kappa shape index (κ3) is 3.39. The fraction of sp³-hybridized carbons (Fsp3) is 0. The molecule has 128 valence electrons. The first-order chi connectivity index (χ1) is 13.2. The second-order valence-corrected chi connectivity index (χ2v) is 5.90. The Kier molecular flexibility index (Phi) is 4.34. The summed E-state index contributed by atoms with van der Waals surface area (Å²) in [7, 11) is 0. The van der Waals surface area contributed by atoms with E-state index in [-0.39, 0.29) is 5.56 Å². The van der Waals surface area contributed by atoms with Crippen molar-refractivity contribution in [2.45, 2.75) is 0 Å². The van der Waals surface area contributed by atoms with E-state index in [4.69, 9.17) is 0 Å². The second-order valence-electron chi connectivity index (χ2n) is 5.90. The van der Waals surface area contributed by atoms with E-state index in [0.29, 0.717) is 22.5 Å². The molecule has 4 nitrogen and oxygen atoms in total. The normalized spacial score (nSPS) is 10.2. The Morgan fingerprint density at radius 2 is 1.70 bits per heavy atom. The number of pyridine rings is 2. The van der Waals surface area contributed by atoms with E-state index in [1.807, 2.05) is 54.6 Å². The maximum Gasteiger partial charge on any atom is 0.336 e. The molecular formula is C23H14N2O2. The van der Waals surface area contributed by atoms with Gasteiger partial charge in [-0.15, -0.1) is 0 Å². The van der Waals surface area contributed by atoms with Crippen molar-refractivity contribution in [3.05, 3.63) is 95.7 Å². The van der Waals surface area contributed by atoms with Crippen LogP contribution < -0.4 is 0 Å². The van der Waals surface area contributed by atoms with E-state index in [1.165, 1.54) is 0 Å². The van der Waals surface area contributed by atoms with Gasteiger partial charge in [0.05, 0.1) is 11.3 Å². The van der Waals surface area contributed by atoms with Crippen molar-refractivity contribution in [2.75, 3.05) is 0 Å². The molecule has 2 heterocycles. The second kappa shape index (κ2) is 7.11. The van der Waals surface area contributed by atoms with Crippen molar-refractivity contribution in [3.63, 3.8) is 0 Å². The molecule has 4 heteroatoms. The molecule has 2 aromatic heterocycles. The number of aromatic carboxylic acids is 1. The summed E-state index contributed by atoms with van der Waals surface area (Å²) in [5, 5.41) is 10.6. The van der Waals surface area contributed by atoms with Crippen LogP contribution in [0.1, 0.15) is 21.5 Å². The smallest absolute Gasteiger partial charge is 0.336 e. The Balaban J connectivity index is 1.91. The number of carboxylic acid groups (broad SMARTS) is 1. The van der Waals surface area contributed by atoms with E-state index in [2.05, 4.69) is 21.8 Å². The summed E-state index contributed by atoms with van der Waals surface area (Å²) in [6, 6.07) is 22.1. The Bertz CT molecular complexity index is 1210. The van der Waals surface area contributed by atoms with Crippen LogP contribution in [0.4, 0.5) is 0 Å². The average molecular weight is 350 g/mol. The minimum Gasteiger partial charge on any atom is -0.478 e. The molecular weight excluding hydrogens is 336 g/mol. The minimum atomic E-state index is -1.02. The van der Waals surface area contributed by atoms with Crippen LogP contribution >= 0.6 is 0 Å². The molecule has 0 amide bonds. The lowest BCUT2D eigenvalue weighted by Crippen LogP contribution is -2.03. The van der Waals surface area contributed by atoms with E-state index in [0.717, 1.165) is 10.9 Å². The molecule has 4 aromatic rings. The minimum absolute atomic E-state index is 0.164. The molecule has 0 fully saturated rings. The van der Waals surface area contributed by atoms with Crippen LogP contribution in [0.25, 0.3) is 22.3 Å². The first-order valence-electron chi connectivity index (χ1n) is 8.38. The Labute approximate surface area is 156 Å². The van der Waals surface area contributed by atoms with E-state index in [9.17, 15) is 9.90 Å². The summed E-state index contributed by atoms with van der Waals surface area (Å²) in [5.41, 5.74) is 3.24. The highest BCUT2D eigenvalue weighted by Crippen LogP contribution is 2.27. The summed E-state index contributed by atoms with van der Waals surface area (Å²) in [4.78, 5) is 20.6. The summed E-state index contributed by atoms with van der Waals surface area (Å²) in [5.74, 6) is 5.17. The zero-order valence-electron chi connectivity index (χ0n) is 14.3. The van der Waals surface area contributed by atoms with E-state index in [1.54, 1.807) is 24.4 Å². The molecule has 0 aliphatic rings. The van der Waals surface area contributed by atoms with Gasteiger partial charge in [-0.3, -0.25) is 0 Å². The SMILES string of the molecule is O=C(O)c1cccc(C#Cc2ccccc2)c1-c1ccc2cccnc2n1. The van der Waals surface area contributed by atoms with Crippen molar-refractivity contribution >= 4 is 17.0 Å². The van der Waals surface area contributed by atoms with Crippen LogP contribution in [0.15, 0.2) is 79.0 Å². The van der Waals surface area contributed by atoms with Gasteiger partial charge in [-0.05, 0) is 48.5 Å². The van der Waals surface area contributed by atoms with Gasteiger partial charge in [0, 0.05) is 28.3 Å². The third-order valence-electron chi connectivity index (χ3n) is 4.13. The zero-order valence-corrected chi connectivity index (χ0v) is 14.3. The van der Waals surface area contributed by atoms with Gasteiger partial charge in [-0.25, -0.2) is 14.8 Å². The van der Waals surface area contributed by atoms with E-state index >= 15 is 0 Å². The average Bonchev–Trinajstić information content (AvgIpc) is 2.72. The van der Waals surface area contributed by atoms with Crippen molar-refractivity contribution < 1.29 is 9.90 Å². The number of nitrogens with zero attached hydrogens (tertiary/aromatic N) is 2. The molecule has 0 aliphatic carbocycles. The predicted molar refractivity (Wildman–Crippen MR) is 104 cm³/mol. The summed E-state index contributed by atoms with van der Waals surface area (Å²) < 4.78 is 0. The van der Waals surface area contributed by atoms with Crippen LogP contribution in [-0.4, -0.2) is 21.0 Å². The molecule has 0 aliphatic heterocycles. The first kappa shape index (κ1) is 16.5. The van der Waals surface area contributed by atoms with Gasteiger partial charge in [0.25, 0.3) is 0 Å². The van der Waals surface area contributed by atoms with Gasteiger partial charge in [0.15, 0.2) is 5.65 Å². The van der Waals surface area contributed by atoms with Crippen LogP contribution in [0, 0.1) is 11.8 Å². The van der Waals surface area contributed by atoms with Gasteiger partial charge in [0.1, 0.15) is 0 Å². The maximum absolute atomic E-state index is 11.8. The molecule has 0 atom stereocenters. The topological polar surface area (TPSA) is 63.1 Å². The molecule has 0 radical (unpaired) electrons. The van der Waals surface area contributed by atoms with Crippen molar-refractivity contribution in [1.82, 2.24) is 9.97 Å². The molecule has 4 rings (SSSR count). The van der Waals surface area contributed by atoms with Gasteiger partial charge in [0.2, 0.25) is 0 Å². The number of hydrogen-bond donors (Lipinski definition) is 1. The van der Waals surface area contributed by atoms with Crippen molar-refractivity contribution in [2.24, 2.45) is 0 Å². The molecule has 0 unspecified atom stereocenters. The summed E-state index contributed by atoms with van der Waals surface area (Å²) in [6.45, 7) is 0. The molecule has 0 spiro atoms. The lowest BCUT2D eigenvalue weighted by molar-refractivity contribution is 0.0697. The molecule has 0 saturated heterocycles. The molecule has 0 bridgehead atoms. The third-order valence-corrected chi connectivity index (χ3v) is 4.13. The van der Waals surface area contributed by atoms with E-state index < -0.39 is 5.97 Å². The van der Waals surface area contributed by atoms with Crippen molar-refractivity contribution in [3.8, 4) is 23.1 Å². The first-order valence-corrected chi connectivity index (χ1v) is 8.38. The number of aromatic nitrogens is 2. The highest BCUT2D eigenvalue weighted by molar-refractivity contribution is 5.98. The fourth-order valence-electron chi connectivity index (χ4n) is 2.86. The molecule has 2 aromatic carbocycles. The van der Waals surface area contributed by atoms with Gasteiger partial charge < -0.3 is 5.11 Å². The highest BCUT2D eigenvalue weighted by Gasteiger charge is 2.16. The number of carbonyl (C=O) groups is 1. The number of rotatable bonds is 2. The number of hydrogen-bond acceptors (Lipinski definition) is 3. The standard InChI is InChI=1S/C23H14N2O2/c26-23(27)19-10-4-8-17(12-11-16-6-2-1-3-7-16)21(19)20-14-13-18-9-5-15-24-22(18)25-20/h1-10,13-15H,(H,26,27).